The maximum atomic E-state index is 13.9. The van der Waals surface area contributed by atoms with Gasteiger partial charge in [-0.05, 0) is 44.5 Å². The summed E-state index contributed by atoms with van der Waals surface area (Å²) >= 11 is 0. The summed E-state index contributed by atoms with van der Waals surface area (Å²) in [4.78, 5) is 17.2. The number of benzene rings is 1. The highest BCUT2D eigenvalue weighted by Gasteiger charge is 2.26. The summed E-state index contributed by atoms with van der Waals surface area (Å²) in [6.45, 7) is 4.26. The van der Waals surface area contributed by atoms with Crippen LogP contribution in [0.2, 0.25) is 0 Å². The molecule has 3 rings (SSSR count). The molecule has 0 aliphatic rings. The number of alkyl halides is 2. The standard InChI is InChI=1S/C22H24F4N4O2/c1-12-7-17(32-10-14-15(23)5-4-6-16(14)24)20-29-13(2)19(30(20)9-12)21(31)28-11-22(3,27)8-18(25)26/h4-7,9,18H,8,10-11,27H2,1-3H3,(H,28,31). The highest BCUT2D eigenvalue weighted by Crippen LogP contribution is 2.26. The quantitative estimate of drug-likeness (QED) is 0.508. The van der Waals surface area contributed by atoms with Crippen molar-refractivity contribution in [3.63, 3.8) is 0 Å². The Labute approximate surface area is 182 Å². The van der Waals surface area contributed by atoms with Gasteiger partial charge in [0.1, 0.15) is 23.9 Å². The van der Waals surface area contributed by atoms with E-state index in [0.717, 1.165) is 12.1 Å². The predicted molar refractivity (Wildman–Crippen MR) is 111 cm³/mol. The van der Waals surface area contributed by atoms with Crippen LogP contribution in [0.4, 0.5) is 17.6 Å². The molecule has 0 fully saturated rings. The highest BCUT2D eigenvalue weighted by molar-refractivity contribution is 5.95. The first-order chi connectivity index (χ1) is 15.0. The van der Waals surface area contributed by atoms with E-state index in [1.54, 1.807) is 26.1 Å². The van der Waals surface area contributed by atoms with E-state index in [2.05, 4.69) is 10.3 Å². The molecule has 10 heteroatoms. The van der Waals surface area contributed by atoms with Crippen LogP contribution in [0.5, 0.6) is 5.75 Å². The Balaban J connectivity index is 1.88. The van der Waals surface area contributed by atoms with Gasteiger partial charge in [-0.1, -0.05) is 6.07 Å². The second-order valence-electron chi connectivity index (χ2n) is 8.04. The number of ether oxygens (including phenoxy) is 1. The van der Waals surface area contributed by atoms with Crippen molar-refractivity contribution in [3.05, 3.63) is 64.6 Å². The molecule has 6 nitrogen and oxygen atoms in total. The van der Waals surface area contributed by atoms with Gasteiger partial charge in [0, 0.05) is 24.7 Å². The van der Waals surface area contributed by atoms with E-state index in [4.69, 9.17) is 10.5 Å². The van der Waals surface area contributed by atoms with Crippen molar-refractivity contribution in [1.29, 1.82) is 0 Å². The Hall–Kier alpha value is -3.14. The van der Waals surface area contributed by atoms with Gasteiger partial charge >= 0.3 is 0 Å². The Morgan fingerprint density at radius 1 is 1.28 bits per heavy atom. The van der Waals surface area contributed by atoms with Gasteiger partial charge in [0.25, 0.3) is 5.91 Å². The molecule has 2 aromatic heterocycles. The minimum Gasteiger partial charge on any atom is -0.485 e. The third-order valence-corrected chi connectivity index (χ3v) is 4.92. The van der Waals surface area contributed by atoms with Gasteiger partial charge in [-0.2, -0.15) is 0 Å². The van der Waals surface area contributed by atoms with Crippen molar-refractivity contribution in [2.24, 2.45) is 5.73 Å². The minimum atomic E-state index is -2.60. The van der Waals surface area contributed by atoms with E-state index in [-0.39, 0.29) is 35.8 Å². The van der Waals surface area contributed by atoms with Crippen LogP contribution < -0.4 is 15.8 Å². The number of hydrogen-bond donors (Lipinski definition) is 2. The molecular weight excluding hydrogens is 428 g/mol. The summed E-state index contributed by atoms with van der Waals surface area (Å²) in [5.41, 5.74) is 5.85. The molecule has 0 saturated carbocycles. The van der Waals surface area contributed by atoms with Crippen LogP contribution in [-0.2, 0) is 6.61 Å². The Bertz CT molecular complexity index is 1120. The Morgan fingerprint density at radius 3 is 2.56 bits per heavy atom. The molecule has 3 aromatic rings. The SMILES string of the molecule is Cc1cc(OCc2c(F)cccc2F)c2nc(C)c(C(=O)NCC(C)(N)CC(F)F)n2c1. The zero-order valence-corrected chi connectivity index (χ0v) is 17.9. The molecule has 32 heavy (non-hydrogen) atoms. The number of aryl methyl sites for hydroxylation is 2. The highest BCUT2D eigenvalue weighted by atomic mass is 19.3. The number of aromatic nitrogens is 2. The lowest BCUT2D eigenvalue weighted by molar-refractivity contribution is 0.0891. The lowest BCUT2D eigenvalue weighted by Crippen LogP contribution is -2.49. The molecule has 0 aliphatic carbocycles. The van der Waals surface area contributed by atoms with Gasteiger partial charge in [0.05, 0.1) is 11.3 Å². The summed E-state index contributed by atoms with van der Waals surface area (Å²) < 4.78 is 60.3. The molecule has 2 heterocycles. The minimum absolute atomic E-state index is 0.162. The van der Waals surface area contributed by atoms with Gasteiger partial charge in [0.15, 0.2) is 11.4 Å². The van der Waals surface area contributed by atoms with Crippen LogP contribution in [0.3, 0.4) is 0 Å². The molecule has 0 aliphatic heterocycles. The third-order valence-electron chi connectivity index (χ3n) is 4.92. The molecule has 0 spiro atoms. The molecule has 0 bridgehead atoms. The van der Waals surface area contributed by atoms with E-state index < -0.39 is 35.9 Å². The van der Waals surface area contributed by atoms with Crippen LogP contribution >= 0.6 is 0 Å². The molecule has 1 amide bonds. The fourth-order valence-electron chi connectivity index (χ4n) is 3.35. The number of amides is 1. The van der Waals surface area contributed by atoms with Crippen LogP contribution in [0.25, 0.3) is 5.65 Å². The second-order valence-corrected chi connectivity index (χ2v) is 8.04. The fourth-order valence-corrected chi connectivity index (χ4v) is 3.35. The van der Waals surface area contributed by atoms with Crippen molar-refractivity contribution in [2.45, 2.75) is 45.8 Å². The lowest BCUT2D eigenvalue weighted by atomic mass is 9.99. The van der Waals surface area contributed by atoms with Crippen molar-refractivity contribution < 1.29 is 27.1 Å². The lowest BCUT2D eigenvalue weighted by Gasteiger charge is -2.24. The number of carbonyl (C=O) groups is 1. The Kier molecular flexibility index (Phi) is 6.73. The summed E-state index contributed by atoms with van der Waals surface area (Å²) in [5, 5.41) is 2.58. The number of halogens is 4. The zero-order valence-electron chi connectivity index (χ0n) is 17.9. The number of rotatable bonds is 8. The van der Waals surface area contributed by atoms with Gasteiger partial charge in [-0.3, -0.25) is 9.20 Å². The summed E-state index contributed by atoms with van der Waals surface area (Å²) in [6.07, 6.45) is -1.51. The topological polar surface area (TPSA) is 81.6 Å². The summed E-state index contributed by atoms with van der Waals surface area (Å²) in [6, 6.07) is 5.17. The number of nitrogens with one attached hydrogen (secondary N) is 1. The van der Waals surface area contributed by atoms with Crippen molar-refractivity contribution in [3.8, 4) is 5.75 Å². The summed E-state index contributed by atoms with van der Waals surface area (Å²) in [7, 11) is 0. The van der Waals surface area contributed by atoms with Gasteiger partial charge < -0.3 is 15.8 Å². The van der Waals surface area contributed by atoms with Crippen molar-refractivity contribution in [2.75, 3.05) is 6.54 Å². The maximum absolute atomic E-state index is 13.9. The van der Waals surface area contributed by atoms with E-state index >= 15 is 0 Å². The van der Waals surface area contributed by atoms with E-state index in [1.807, 2.05) is 0 Å². The molecule has 0 saturated heterocycles. The van der Waals surface area contributed by atoms with Crippen LogP contribution in [0.1, 0.15) is 40.7 Å². The van der Waals surface area contributed by atoms with E-state index in [9.17, 15) is 22.4 Å². The zero-order chi connectivity index (χ0) is 23.6. The van der Waals surface area contributed by atoms with Crippen LogP contribution in [0.15, 0.2) is 30.5 Å². The average molecular weight is 452 g/mol. The average Bonchev–Trinajstić information content (AvgIpc) is 3.00. The van der Waals surface area contributed by atoms with Gasteiger partial charge in [-0.15, -0.1) is 0 Å². The monoisotopic (exact) mass is 452 g/mol. The molecule has 3 N–H and O–H groups in total. The third kappa shape index (κ3) is 5.18. The molecule has 1 aromatic carbocycles. The first kappa shape index (κ1) is 23.5. The number of imidazole rings is 1. The molecule has 1 unspecified atom stereocenters. The van der Waals surface area contributed by atoms with Crippen LogP contribution in [0, 0.1) is 25.5 Å². The number of hydrogen-bond acceptors (Lipinski definition) is 4. The normalized spacial score (nSPS) is 13.4. The number of nitrogens with zero attached hydrogens (tertiary/aromatic N) is 2. The van der Waals surface area contributed by atoms with E-state index in [0.29, 0.717) is 11.3 Å². The van der Waals surface area contributed by atoms with Crippen molar-refractivity contribution in [1.82, 2.24) is 14.7 Å². The predicted octanol–water partition coefficient (Wildman–Crippen LogP) is 3.91. The molecule has 0 radical (unpaired) electrons. The maximum Gasteiger partial charge on any atom is 0.270 e. The number of fused-ring (bicyclic) bond motifs is 1. The van der Waals surface area contributed by atoms with E-state index in [1.165, 1.54) is 17.4 Å². The molecular formula is C22H24F4N4O2. The smallest absolute Gasteiger partial charge is 0.270 e. The fraction of sp³-hybridized carbons (Fsp3) is 0.364. The number of carbonyl (C=O) groups excluding carboxylic acids is 1. The first-order valence-corrected chi connectivity index (χ1v) is 9.89. The molecule has 172 valence electrons. The summed E-state index contributed by atoms with van der Waals surface area (Å²) in [5.74, 6) is -1.78. The van der Waals surface area contributed by atoms with Crippen LogP contribution in [-0.4, -0.2) is 33.8 Å². The van der Waals surface area contributed by atoms with Gasteiger partial charge in [-0.25, -0.2) is 22.5 Å². The number of nitrogens with two attached hydrogens (primary N) is 1. The first-order valence-electron chi connectivity index (χ1n) is 9.89. The van der Waals surface area contributed by atoms with Gasteiger partial charge in [0.2, 0.25) is 6.43 Å². The Morgan fingerprint density at radius 2 is 1.94 bits per heavy atom. The largest absolute Gasteiger partial charge is 0.485 e. The van der Waals surface area contributed by atoms with Crippen molar-refractivity contribution >= 4 is 11.6 Å². The number of pyridine rings is 1. The second kappa shape index (κ2) is 9.15. The molecule has 1 atom stereocenters.